The van der Waals surface area contributed by atoms with Crippen LogP contribution in [0.15, 0.2) is 121 Å². The van der Waals surface area contributed by atoms with Gasteiger partial charge < -0.3 is 33.6 Å². The molecule has 7 heteroatoms. The molecule has 5 rings (SSSR count). The molecule has 230 valence electrons. The first-order valence-corrected chi connectivity index (χ1v) is 15.1. The van der Waals surface area contributed by atoms with Gasteiger partial charge in [0.15, 0.2) is 5.79 Å². The van der Waals surface area contributed by atoms with Crippen molar-refractivity contribution in [2.24, 2.45) is 0 Å². The van der Waals surface area contributed by atoms with Crippen LogP contribution >= 0.6 is 0 Å². The van der Waals surface area contributed by atoms with E-state index in [1.54, 1.807) is 0 Å². The van der Waals surface area contributed by atoms with Crippen molar-refractivity contribution in [1.29, 1.82) is 0 Å². The lowest BCUT2D eigenvalue weighted by Gasteiger charge is -2.50. The van der Waals surface area contributed by atoms with Crippen molar-refractivity contribution >= 4 is 6.29 Å². The van der Waals surface area contributed by atoms with Crippen LogP contribution in [0.5, 0.6) is 0 Å². The van der Waals surface area contributed by atoms with Crippen LogP contribution in [0.1, 0.15) is 35.1 Å². The Labute approximate surface area is 259 Å². The van der Waals surface area contributed by atoms with Gasteiger partial charge in [-0.1, -0.05) is 121 Å². The Balaban J connectivity index is 1.45. The molecule has 0 radical (unpaired) electrons. The lowest BCUT2D eigenvalue weighted by molar-refractivity contribution is -0.372. The van der Waals surface area contributed by atoms with Crippen molar-refractivity contribution in [3.8, 4) is 0 Å². The number of hydrogen-bond acceptors (Lipinski definition) is 7. The van der Waals surface area contributed by atoms with E-state index in [4.69, 9.17) is 23.7 Å². The first-order chi connectivity index (χ1) is 21.6. The second kappa shape index (κ2) is 16.4. The minimum atomic E-state index is -1.83. The molecule has 1 heterocycles. The lowest BCUT2D eigenvalue weighted by atomic mass is 9.89. The summed E-state index contributed by atoms with van der Waals surface area (Å²) in [6, 6.07) is 39.3. The molecule has 4 aromatic carbocycles. The van der Waals surface area contributed by atoms with Crippen LogP contribution in [-0.2, 0) is 54.9 Å². The molecular formula is C37H40O7. The molecule has 0 aromatic heterocycles. The van der Waals surface area contributed by atoms with E-state index in [0.717, 1.165) is 28.5 Å². The van der Waals surface area contributed by atoms with E-state index in [1.807, 2.05) is 121 Å². The largest absolute Gasteiger partial charge is 0.374 e. The maximum absolute atomic E-state index is 12.1. The highest BCUT2D eigenvalue weighted by atomic mass is 16.7. The molecule has 4 aromatic rings. The molecule has 1 saturated heterocycles. The first-order valence-electron chi connectivity index (χ1n) is 15.1. The number of rotatable bonds is 16. The Bertz CT molecular complexity index is 1370. The van der Waals surface area contributed by atoms with Crippen molar-refractivity contribution in [1.82, 2.24) is 0 Å². The van der Waals surface area contributed by atoms with Gasteiger partial charge in [0.25, 0.3) is 0 Å². The summed E-state index contributed by atoms with van der Waals surface area (Å²) in [5.74, 6) is -1.83. The third-order valence-electron chi connectivity index (χ3n) is 7.65. The molecule has 44 heavy (non-hydrogen) atoms. The van der Waals surface area contributed by atoms with E-state index in [2.05, 4.69) is 0 Å². The SMILES string of the molecule is O=CCC[C@]1(O)O[C@H](COCc2ccccc2)[C@@H](OCc2ccccc2)[C@H](OCc2ccccc2)[C@H]1OCc1ccccc1. The minimum Gasteiger partial charge on any atom is -0.374 e. The van der Waals surface area contributed by atoms with Gasteiger partial charge in [-0.15, -0.1) is 0 Å². The monoisotopic (exact) mass is 596 g/mol. The second-order valence-electron chi connectivity index (χ2n) is 10.9. The summed E-state index contributed by atoms with van der Waals surface area (Å²) in [7, 11) is 0. The van der Waals surface area contributed by atoms with Gasteiger partial charge in [-0.05, 0) is 22.3 Å². The highest BCUT2D eigenvalue weighted by molar-refractivity contribution is 5.49. The molecule has 0 saturated carbocycles. The zero-order valence-corrected chi connectivity index (χ0v) is 24.8. The van der Waals surface area contributed by atoms with Gasteiger partial charge in [-0.3, -0.25) is 0 Å². The molecule has 0 aliphatic carbocycles. The average molecular weight is 597 g/mol. The normalized spacial score (nSPS) is 23.3. The van der Waals surface area contributed by atoms with Crippen LogP contribution < -0.4 is 0 Å². The number of carbonyl (C=O) groups is 1. The Morgan fingerprint density at radius 1 is 0.614 bits per heavy atom. The summed E-state index contributed by atoms with van der Waals surface area (Å²) < 4.78 is 32.2. The number of aldehydes is 1. The number of aliphatic hydroxyl groups is 1. The number of carbonyl (C=O) groups excluding carboxylic acids is 1. The Hall–Kier alpha value is -3.69. The molecular weight excluding hydrogens is 556 g/mol. The van der Waals surface area contributed by atoms with Crippen molar-refractivity contribution in [3.63, 3.8) is 0 Å². The minimum absolute atomic E-state index is 0.0295. The molecule has 0 spiro atoms. The van der Waals surface area contributed by atoms with Crippen LogP contribution in [0.4, 0.5) is 0 Å². The fraction of sp³-hybridized carbons (Fsp3) is 0.324. The highest BCUT2D eigenvalue weighted by Gasteiger charge is 2.56. The fourth-order valence-corrected chi connectivity index (χ4v) is 5.40. The van der Waals surface area contributed by atoms with Crippen molar-refractivity contribution < 1.29 is 33.6 Å². The van der Waals surface area contributed by atoms with Crippen LogP contribution in [-0.4, -0.2) is 48.2 Å². The molecule has 1 fully saturated rings. The van der Waals surface area contributed by atoms with Gasteiger partial charge in [0.2, 0.25) is 0 Å². The molecule has 0 bridgehead atoms. The zero-order valence-electron chi connectivity index (χ0n) is 24.8. The predicted octanol–water partition coefficient (Wildman–Crippen LogP) is 6.03. The van der Waals surface area contributed by atoms with Gasteiger partial charge >= 0.3 is 0 Å². The first kappa shape index (κ1) is 31.7. The zero-order chi connectivity index (χ0) is 30.5. The van der Waals surface area contributed by atoms with Gasteiger partial charge in [-0.25, -0.2) is 0 Å². The van der Waals surface area contributed by atoms with Crippen LogP contribution in [0.2, 0.25) is 0 Å². The van der Waals surface area contributed by atoms with E-state index in [9.17, 15) is 9.90 Å². The molecule has 1 N–H and O–H groups in total. The number of hydrogen-bond donors (Lipinski definition) is 1. The Morgan fingerprint density at radius 3 is 1.52 bits per heavy atom. The summed E-state index contributed by atoms with van der Waals surface area (Å²) in [5, 5.41) is 12.1. The van der Waals surface area contributed by atoms with Gasteiger partial charge in [0, 0.05) is 12.8 Å². The van der Waals surface area contributed by atoms with E-state index >= 15 is 0 Å². The number of benzene rings is 4. The molecule has 7 nitrogen and oxygen atoms in total. The molecule has 0 amide bonds. The summed E-state index contributed by atoms with van der Waals surface area (Å²) in [5.41, 5.74) is 3.90. The predicted molar refractivity (Wildman–Crippen MR) is 166 cm³/mol. The third-order valence-corrected chi connectivity index (χ3v) is 7.65. The summed E-state index contributed by atoms with van der Waals surface area (Å²) >= 11 is 0. The average Bonchev–Trinajstić information content (AvgIpc) is 3.07. The van der Waals surface area contributed by atoms with E-state index in [-0.39, 0.29) is 32.7 Å². The quantitative estimate of drug-likeness (QED) is 0.158. The standard InChI is InChI=1S/C37H40O7/c38-23-13-22-37(39)36(43-27-32-20-11-4-12-21-32)35(42-26-31-18-9-3-10-19-31)34(41-25-30-16-7-2-8-17-30)33(44-37)28-40-24-29-14-5-1-6-15-29/h1-12,14-21,23,33-36,39H,13,22,24-28H2/t33-,34-,35+,36-,37+/m1/s1. The van der Waals surface area contributed by atoms with E-state index < -0.39 is 30.2 Å². The molecule has 5 atom stereocenters. The van der Waals surface area contributed by atoms with E-state index in [0.29, 0.717) is 13.2 Å². The van der Waals surface area contributed by atoms with E-state index in [1.165, 1.54) is 0 Å². The van der Waals surface area contributed by atoms with Gasteiger partial charge in [0.05, 0.1) is 33.0 Å². The summed E-state index contributed by atoms with van der Waals surface area (Å²) in [4.78, 5) is 11.5. The third kappa shape index (κ3) is 8.92. The summed E-state index contributed by atoms with van der Waals surface area (Å²) in [6.45, 7) is 1.28. The van der Waals surface area contributed by atoms with Crippen LogP contribution in [0, 0.1) is 0 Å². The van der Waals surface area contributed by atoms with Gasteiger partial charge in [-0.2, -0.15) is 0 Å². The molecule has 1 aliphatic heterocycles. The van der Waals surface area contributed by atoms with Gasteiger partial charge in [0.1, 0.15) is 30.7 Å². The summed E-state index contributed by atoms with van der Waals surface area (Å²) in [6.07, 6.45) is -2.20. The maximum atomic E-state index is 12.1. The lowest BCUT2D eigenvalue weighted by Crippen LogP contribution is -2.67. The topological polar surface area (TPSA) is 83.5 Å². The number of ether oxygens (including phenoxy) is 5. The van der Waals surface area contributed by atoms with Crippen LogP contribution in [0.3, 0.4) is 0 Å². The van der Waals surface area contributed by atoms with Crippen LogP contribution in [0.25, 0.3) is 0 Å². The highest BCUT2D eigenvalue weighted by Crippen LogP contribution is 2.38. The van der Waals surface area contributed by atoms with Crippen molar-refractivity contribution in [2.45, 2.75) is 69.5 Å². The molecule has 0 unspecified atom stereocenters. The Morgan fingerprint density at radius 2 is 1.05 bits per heavy atom. The molecule has 1 aliphatic rings. The Kier molecular flexibility index (Phi) is 11.8. The fourth-order valence-electron chi connectivity index (χ4n) is 5.40. The van der Waals surface area contributed by atoms with Crippen molar-refractivity contribution in [3.05, 3.63) is 144 Å². The van der Waals surface area contributed by atoms with Crippen molar-refractivity contribution in [2.75, 3.05) is 6.61 Å². The maximum Gasteiger partial charge on any atom is 0.195 e. The second-order valence-corrected chi connectivity index (χ2v) is 10.9. The smallest absolute Gasteiger partial charge is 0.195 e.